The molecule has 0 fully saturated rings. The maximum Gasteiger partial charge on any atom is 0.416 e. The van der Waals surface area contributed by atoms with Crippen LogP contribution in [0.4, 0.5) is 13.2 Å². The number of carbonyl (C=O) groups is 1. The Kier molecular flexibility index (Phi) is 5.10. The van der Waals surface area contributed by atoms with E-state index in [0.717, 1.165) is 33.4 Å². The second-order valence-electron chi connectivity index (χ2n) is 7.02. The van der Waals surface area contributed by atoms with E-state index >= 15 is 0 Å². The summed E-state index contributed by atoms with van der Waals surface area (Å²) in [7, 11) is 0. The highest BCUT2D eigenvalue weighted by Gasteiger charge is 2.30. The molecule has 2 heterocycles. The van der Waals surface area contributed by atoms with Gasteiger partial charge in [-0.1, -0.05) is 24.3 Å². The molecule has 0 radical (unpaired) electrons. The number of hydrogen-bond donors (Lipinski definition) is 2. The molecule has 9 heteroatoms. The summed E-state index contributed by atoms with van der Waals surface area (Å²) < 4.78 is 40.3. The molecule has 0 aliphatic heterocycles. The minimum Gasteiger partial charge on any atom is -0.357 e. The first-order valence-electron chi connectivity index (χ1n) is 9.36. The molecule has 0 atom stereocenters. The monoisotopic (exact) mass is 426 g/mol. The van der Waals surface area contributed by atoms with Gasteiger partial charge in [0, 0.05) is 23.0 Å². The number of para-hydroxylation sites is 1. The number of aromatic nitrogens is 3. The van der Waals surface area contributed by atoms with E-state index in [1.165, 1.54) is 25.1 Å². The molecule has 2 aromatic heterocycles. The van der Waals surface area contributed by atoms with Crippen LogP contribution in [0.3, 0.4) is 0 Å². The van der Waals surface area contributed by atoms with Crippen molar-refractivity contribution in [3.05, 3.63) is 93.5 Å². The van der Waals surface area contributed by atoms with Gasteiger partial charge < -0.3 is 10.3 Å². The Labute approximate surface area is 174 Å². The molecule has 31 heavy (non-hydrogen) atoms. The Morgan fingerprint density at radius 1 is 1.10 bits per heavy atom. The van der Waals surface area contributed by atoms with Crippen molar-refractivity contribution in [2.24, 2.45) is 0 Å². The minimum atomic E-state index is -4.53. The fourth-order valence-corrected chi connectivity index (χ4v) is 3.27. The number of nitrogens with zero attached hydrogens (tertiary/aromatic N) is 2. The molecule has 2 N–H and O–H groups in total. The summed E-state index contributed by atoms with van der Waals surface area (Å²) >= 11 is 0. The standard InChI is InChI=1S/C22H17F3N4O2/c1-13-9-19(30)20(28-29(13)17-7-4-6-15(11-17)22(23,24)25)21(31)26-12-16-10-14-5-2-3-8-18(14)27-16/h2-11,27H,12H2,1H3,(H,26,31). The molecule has 0 aliphatic carbocycles. The molecular formula is C22H17F3N4O2. The van der Waals surface area contributed by atoms with Crippen molar-refractivity contribution in [1.82, 2.24) is 20.1 Å². The minimum absolute atomic E-state index is 0.0944. The zero-order valence-electron chi connectivity index (χ0n) is 16.3. The SMILES string of the molecule is Cc1cc(=O)c(C(=O)NCc2cc3ccccc3[nH]2)nn1-c1cccc(C(F)(F)F)c1. The van der Waals surface area contributed by atoms with E-state index in [2.05, 4.69) is 15.4 Å². The highest BCUT2D eigenvalue weighted by Crippen LogP contribution is 2.30. The van der Waals surface area contributed by atoms with E-state index < -0.39 is 28.8 Å². The van der Waals surface area contributed by atoms with Crippen LogP contribution < -0.4 is 10.7 Å². The summed E-state index contributed by atoms with van der Waals surface area (Å²) in [6.45, 7) is 1.66. The number of halogens is 3. The van der Waals surface area contributed by atoms with Gasteiger partial charge in [0.25, 0.3) is 5.91 Å². The van der Waals surface area contributed by atoms with Crippen molar-refractivity contribution in [2.45, 2.75) is 19.6 Å². The lowest BCUT2D eigenvalue weighted by atomic mass is 10.2. The molecule has 2 aromatic carbocycles. The predicted octanol–water partition coefficient (Wildman–Crippen LogP) is 3.97. The van der Waals surface area contributed by atoms with E-state index in [9.17, 15) is 22.8 Å². The van der Waals surface area contributed by atoms with Crippen LogP contribution in [0.1, 0.15) is 27.4 Å². The number of aryl methyl sites for hydroxylation is 1. The van der Waals surface area contributed by atoms with Gasteiger partial charge in [0.05, 0.1) is 17.8 Å². The van der Waals surface area contributed by atoms with Crippen molar-refractivity contribution in [1.29, 1.82) is 0 Å². The zero-order valence-corrected chi connectivity index (χ0v) is 16.3. The first-order chi connectivity index (χ1) is 14.7. The zero-order chi connectivity index (χ0) is 22.2. The number of H-pyrrole nitrogens is 1. The van der Waals surface area contributed by atoms with Crippen LogP contribution >= 0.6 is 0 Å². The number of alkyl halides is 3. The molecule has 0 saturated heterocycles. The average Bonchev–Trinajstić information content (AvgIpc) is 3.14. The van der Waals surface area contributed by atoms with Crippen LogP contribution in [-0.2, 0) is 12.7 Å². The molecule has 4 aromatic rings. The number of carbonyl (C=O) groups excluding carboxylic acids is 1. The van der Waals surface area contributed by atoms with Gasteiger partial charge in [0.1, 0.15) is 0 Å². The van der Waals surface area contributed by atoms with Crippen molar-refractivity contribution in [2.75, 3.05) is 0 Å². The predicted molar refractivity (Wildman–Crippen MR) is 109 cm³/mol. The van der Waals surface area contributed by atoms with E-state index in [-0.39, 0.29) is 12.2 Å². The van der Waals surface area contributed by atoms with Crippen molar-refractivity contribution >= 4 is 16.8 Å². The summed E-state index contributed by atoms with van der Waals surface area (Å²) in [5.74, 6) is -0.718. The van der Waals surface area contributed by atoms with Gasteiger partial charge in [-0.3, -0.25) is 9.59 Å². The topological polar surface area (TPSA) is 79.8 Å². The van der Waals surface area contributed by atoms with E-state index in [1.54, 1.807) is 0 Å². The van der Waals surface area contributed by atoms with Crippen LogP contribution in [0.2, 0.25) is 0 Å². The molecule has 0 bridgehead atoms. The molecule has 0 spiro atoms. The summed E-state index contributed by atoms with van der Waals surface area (Å²) in [4.78, 5) is 28.1. The van der Waals surface area contributed by atoms with Gasteiger partial charge >= 0.3 is 6.18 Å². The molecule has 0 unspecified atom stereocenters. The number of benzene rings is 2. The van der Waals surface area contributed by atoms with Gasteiger partial charge in [-0.25, -0.2) is 4.68 Å². The Morgan fingerprint density at radius 2 is 1.87 bits per heavy atom. The summed E-state index contributed by atoms with van der Waals surface area (Å²) in [5.41, 5.74) is 0.171. The molecular weight excluding hydrogens is 409 g/mol. The number of hydrogen-bond acceptors (Lipinski definition) is 3. The Bertz CT molecular complexity index is 1310. The maximum atomic E-state index is 13.0. The van der Waals surface area contributed by atoms with Gasteiger partial charge in [-0.05, 0) is 42.6 Å². The fraction of sp³-hybridized carbons (Fsp3) is 0.136. The molecule has 6 nitrogen and oxygen atoms in total. The van der Waals surface area contributed by atoms with Crippen molar-refractivity contribution in [3.63, 3.8) is 0 Å². The lowest BCUT2D eigenvalue weighted by Crippen LogP contribution is -2.31. The third-order valence-electron chi connectivity index (χ3n) is 4.77. The first kappa shape index (κ1) is 20.4. The van der Waals surface area contributed by atoms with Crippen molar-refractivity contribution in [3.8, 4) is 5.69 Å². The van der Waals surface area contributed by atoms with Crippen LogP contribution in [0.5, 0.6) is 0 Å². The summed E-state index contributed by atoms with van der Waals surface area (Å²) in [6.07, 6.45) is -4.53. The van der Waals surface area contributed by atoms with E-state index in [4.69, 9.17) is 0 Å². The molecule has 4 rings (SSSR count). The van der Waals surface area contributed by atoms with Crippen LogP contribution in [0.25, 0.3) is 16.6 Å². The number of amides is 1. The summed E-state index contributed by atoms with van der Waals surface area (Å²) in [6, 6.07) is 15.2. The molecule has 158 valence electrons. The van der Waals surface area contributed by atoms with Crippen LogP contribution in [-0.4, -0.2) is 20.7 Å². The van der Waals surface area contributed by atoms with Gasteiger partial charge in [-0.15, -0.1) is 0 Å². The highest BCUT2D eigenvalue weighted by atomic mass is 19.4. The van der Waals surface area contributed by atoms with Crippen LogP contribution in [0, 0.1) is 6.92 Å². The lowest BCUT2D eigenvalue weighted by molar-refractivity contribution is -0.137. The first-order valence-corrected chi connectivity index (χ1v) is 9.36. The van der Waals surface area contributed by atoms with Gasteiger partial charge in [0.2, 0.25) is 5.43 Å². The number of aromatic amines is 1. The van der Waals surface area contributed by atoms with E-state index in [0.29, 0.717) is 5.69 Å². The third kappa shape index (κ3) is 4.20. The molecule has 0 aliphatic rings. The van der Waals surface area contributed by atoms with E-state index in [1.807, 2.05) is 30.3 Å². The Morgan fingerprint density at radius 3 is 2.61 bits per heavy atom. The van der Waals surface area contributed by atoms with Crippen LogP contribution in [0.15, 0.2) is 65.5 Å². The molecule has 1 amide bonds. The van der Waals surface area contributed by atoms with Gasteiger partial charge in [-0.2, -0.15) is 18.3 Å². The normalized spacial score (nSPS) is 11.6. The second kappa shape index (κ2) is 7.75. The Balaban J connectivity index is 1.61. The number of fused-ring (bicyclic) bond motifs is 1. The average molecular weight is 426 g/mol. The number of rotatable bonds is 4. The largest absolute Gasteiger partial charge is 0.416 e. The fourth-order valence-electron chi connectivity index (χ4n) is 3.27. The maximum absolute atomic E-state index is 13.0. The third-order valence-corrected chi connectivity index (χ3v) is 4.77. The molecule has 0 saturated carbocycles. The smallest absolute Gasteiger partial charge is 0.357 e. The quantitative estimate of drug-likeness (QED) is 0.518. The summed E-state index contributed by atoms with van der Waals surface area (Å²) in [5, 5.41) is 7.64. The highest BCUT2D eigenvalue weighted by molar-refractivity contribution is 5.92. The van der Waals surface area contributed by atoms with Gasteiger partial charge in [0.15, 0.2) is 5.69 Å². The second-order valence-corrected chi connectivity index (χ2v) is 7.02. The van der Waals surface area contributed by atoms with Crippen molar-refractivity contribution < 1.29 is 18.0 Å². The Hall–Kier alpha value is -3.88. The number of nitrogens with one attached hydrogen (secondary N) is 2. The lowest BCUT2D eigenvalue weighted by Gasteiger charge is -2.13.